The van der Waals surface area contributed by atoms with E-state index in [0.29, 0.717) is 30.5 Å². The lowest BCUT2D eigenvalue weighted by Crippen LogP contribution is -2.36. The van der Waals surface area contributed by atoms with Crippen molar-refractivity contribution in [1.82, 2.24) is 19.9 Å². The van der Waals surface area contributed by atoms with E-state index in [-0.39, 0.29) is 11.7 Å². The van der Waals surface area contributed by atoms with Crippen molar-refractivity contribution in [3.63, 3.8) is 0 Å². The largest absolute Gasteiger partial charge is 0.378 e. The molecule has 1 aromatic carbocycles. The predicted octanol–water partition coefficient (Wildman–Crippen LogP) is 2.72. The molecule has 0 spiro atoms. The Morgan fingerprint density at radius 3 is 2.47 bits per heavy atom. The Balaban J connectivity index is 1.43. The summed E-state index contributed by atoms with van der Waals surface area (Å²) in [7, 11) is 0. The lowest BCUT2D eigenvalue weighted by molar-refractivity contribution is 0.101. The molecule has 0 unspecified atom stereocenters. The van der Waals surface area contributed by atoms with Crippen molar-refractivity contribution in [2.24, 2.45) is 0 Å². The number of anilines is 4. The number of carbonyl (C=O) groups excluding carboxylic acids is 1. The summed E-state index contributed by atoms with van der Waals surface area (Å²) in [5, 5.41) is 6.10. The highest BCUT2D eigenvalue weighted by atomic mass is 16.5. The average molecular weight is 405 g/mol. The Bertz CT molecular complexity index is 1030. The Hall–Kier alpha value is -3.59. The lowest BCUT2D eigenvalue weighted by atomic mass is 10.2. The van der Waals surface area contributed by atoms with E-state index in [2.05, 4.69) is 35.5 Å². The molecule has 1 amide bonds. The highest BCUT2D eigenvalue weighted by Gasteiger charge is 2.14. The maximum absolute atomic E-state index is 12.3. The zero-order valence-electron chi connectivity index (χ0n) is 16.9. The van der Waals surface area contributed by atoms with Gasteiger partial charge in [0.15, 0.2) is 0 Å². The molecule has 1 saturated heterocycles. The van der Waals surface area contributed by atoms with Crippen molar-refractivity contribution < 1.29 is 9.53 Å². The van der Waals surface area contributed by atoms with Gasteiger partial charge in [-0.3, -0.25) is 4.79 Å². The molecular weight excluding hydrogens is 382 g/mol. The van der Waals surface area contributed by atoms with E-state index < -0.39 is 0 Å². The fourth-order valence-corrected chi connectivity index (χ4v) is 3.10. The van der Waals surface area contributed by atoms with Gasteiger partial charge in [-0.05, 0) is 44.2 Å². The molecule has 0 aliphatic carbocycles. The Morgan fingerprint density at radius 2 is 1.73 bits per heavy atom. The maximum Gasteiger partial charge on any atom is 0.293 e. The molecule has 3 aromatic rings. The van der Waals surface area contributed by atoms with Crippen molar-refractivity contribution in [2.45, 2.75) is 13.8 Å². The Labute approximate surface area is 174 Å². The average Bonchev–Trinajstić information content (AvgIpc) is 2.75. The van der Waals surface area contributed by atoms with Crippen molar-refractivity contribution in [2.75, 3.05) is 41.8 Å². The van der Waals surface area contributed by atoms with Crippen LogP contribution in [0.15, 0.2) is 42.6 Å². The van der Waals surface area contributed by atoms with Crippen molar-refractivity contribution >= 4 is 28.9 Å². The van der Waals surface area contributed by atoms with Crippen LogP contribution in [0.5, 0.6) is 0 Å². The van der Waals surface area contributed by atoms with Gasteiger partial charge in [-0.1, -0.05) is 0 Å². The molecule has 30 heavy (non-hydrogen) atoms. The molecule has 154 valence electrons. The number of morpholine rings is 1. The summed E-state index contributed by atoms with van der Waals surface area (Å²) in [5.41, 5.74) is 2.25. The molecule has 0 atom stereocenters. The molecule has 9 nitrogen and oxygen atoms in total. The number of rotatable bonds is 5. The van der Waals surface area contributed by atoms with Crippen LogP contribution < -0.4 is 15.5 Å². The summed E-state index contributed by atoms with van der Waals surface area (Å²) in [6.45, 7) is 6.72. The first-order valence-electron chi connectivity index (χ1n) is 9.73. The van der Waals surface area contributed by atoms with Crippen LogP contribution in [0, 0.1) is 13.8 Å². The number of nitrogens with zero attached hydrogens (tertiary/aromatic N) is 5. The number of nitrogens with one attached hydrogen (secondary N) is 2. The first kappa shape index (κ1) is 19.7. The molecular formula is C21H23N7O2. The summed E-state index contributed by atoms with van der Waals surface area (Å²) in [6.07, 6.45) is 1.57. The standard InChI is InChI=1S/C21H23N7O2/c1-14-7-8-22-20(23-14)21(29)27-17-5-3-16(4-6-17)26-18-13-19(25-15(2)24-18)28-9-11-30-12-10-28/h3-8,13H,9-12H2,1-2H3,(H,27,29)(H,24,25,26). The van der Waals surface area contributed by atoms with Gasteiger partial charge in [-0.25, -0.2) is 19.9 Å². The monoisotopic (exact) mass is 405 g/mol. The van der Waals surface area contributed by atoms with Crippen LogP contribution in [0.25, 0.3) is 0 Å². The number of ether oxygens (including phenoxy) is 1. The zero-order valence-corrected chi connectivity index (χ0v) is 16.9. The summed E-state index contributed by atoms with van der Waals surface area (Å²) in [6, 6.07) is 11.1. The summed E-state index contributed by atoms with van der Waals surface area (Å²) < 4.78 is 5.41. The van der Waals surface area contributed by atoms with Gasteiger partial charge in [-0.2, -0.15) is 0 Å². The maximum atomic E-state index is 12.3. The smallest absolute Gasteiger partial charge is 0.293 e. The van der Waals surface area contributed by atoms with E-state index in [1.165, 1.54) is 0 Å². The number of carbonyl (C=O) groups is 1. The van der Waals surface area contributed by atoms with Crippen LogP contribution in [0.4, 0.5) is 23.0 Å². The van der Waals surface area contributed by atoms with Gasteiger partial charge in [0.1, 0.15) is 17.5 Å². The Morgan fingerprint density at radius 1 is 1.00 bits per heavy atom. The van der Waals surface area contributed by atoms with Crippen molar-refractivity contribution in [3.8, 4) is 0 Å². The zero-order chi connectivity index (χ0) is 20.9. The van der Waals surface area contributed by atoms with Gasteiger partial charge in [0.25, 0.3) is 5.91 Å². The van der Waals surface area contributed by atoms with E-state index in [9.17, 15) is 4.79 Å². The van der Waals surface area contributed by atoms with Gasteiger partial charge in [0.2, 0.25) is 5.82 Å². The second kappa shape index (κ2) is 8.83. The molecule has 4 rings (SSSR count). The van der Waals surface area contributed by atoms with Crippen LogP contribution >= 0.6 is 0 Å². The third-order valence-corrected chi connectivity index (χ3v) is 4.57. The van der Waals surface area contributed by atoms with Crippen molar-refractivity contribution in [3.05, 3.63) is 59.9 Å². The molecule has 0 bridgehead atoms. The molecule has 0 radical (unpaired) electrons. The summed E-state index contributed by atoms with van der Waals surface area (Å²) >= 11 is 0. The molecule has 9 heteroatoms. The molecule has 2 N–H and O–H groups in total. The van der Waals surface area contributed by atoms with E-state index in [4.69, 9.17) is 4.74 Å². The molecule has 0 saturated carbocycles. The second-order valence-corrected chi connectivity index (χ2v) is 6.94. The third kappa shape index (κ3) is 4.87. The number of benzene rings is 1. The van der Waals surface area contributed by atoms with Gasteiger partial charge in [-0.15, -0.1) is 0 Å². The SMILES string of the molecule is Cc1ccnc(C(=O)Nc2ccc(Nc3cc(N4CCOCC4)nc(C)n3)cc2)n1. The quantitative estimate of drug-likeness (QED) is 0.668. The van der Waals surface area contributed by atoms with Gasteiger partial charge in [0.05, 0.1) is 13.2 Å². The molecule has 1 aliphatic rings. The second-order valence-electron chi connectivity index (χ2n) is 6.94. The first-order valence-corrected chi connectivity index (χ1v) is 9.73. The number of hydrogen-bond donors (Lipinski definition) is 2. The minimum atomic E-state index is -0.346. The van der Waals surface area contributed by atoms with Crippen LogP contribution in [0.1, 0.15) is 22.1 Å². The summed E-state index contributed by atoms with van der Waals surface area (Å²) in [4.78, 5) is 31.6. The van der Waals surface area contributed by atoms with Crippen LogP contribution in [-0.4, -0.2) is 52.1 Å². The number of hydrogen-bond acceptors (Lipinski definition) is 8. The van der Waals surface area contributed by atoms with E-state index in [0.717, 1.165) is 30.3 Å². The highest BCUT2D eigenvalue weighted by molar-refractivity contribution is 6.01. The predicted molar refractivity (Wildman–Crippen MR) is 114 cm³/mol. The summed E-state index contributed by atoms with van der Waals surface area (Å²) in [5.74, 6) is 2.10. The molecule has 1 aliphatic heterocycles. The van der Waals surface area contributed by atoms with Crippen LogP contribution in [-0.2, 0) is 4.74 Å². The minimum Gasteiger partial charge on any atom is -0.378 e. The number of aryl methyl sites for hydroxylation is 2. The lowest BCUT2D eigenvalue weighted by Gasteiger charge is -2.28. The number of aromatic nitrogens is 4. The third-order valence-electron chi connectivity index (χ3n) is 4.57. The minimum absolute atomic E-state index is 0.143. The van der Waals surface area contributed by atoms with E-state index in [1.54, 1.807) is 12.3 Å². The van der Waals surface area contributed by atoms with E-state index >= 15 is 0 Å². The fourth-order valence-electron chi connectivity index (χ4n) is 3.10. The molecule has 1 fully saturated rings. The topological polar surface area (TPSA) is 105 Å². The van der Waals surface area contributed by atoms with Gasteiger partial charge in [0, 0.05) is 42.4 Å². The van der Waals surface area contributed by atoms with Crippen LogP contribution in [0.2, 0.25) is 0 Å². The fraction of sp³-hybridized carbons (Fsp3) is 0.286. The first-order chi connectivity index (χ1) is 14.6. The van der Waals surface area contributed by atoms with Crippen molar-refractivity contribution in [1.29, 1.82) is 0 Å². The van der Waals surface area contributed by atoms with Crippen LogP contribution in [0.3, 0.4) is 0 Å². The normalized spacial score (nSPS) is 13.7. The van der Waals surface area contributed by atoms with E-state index in [1.807, 2.05) is 44.2 Å². The number of amides is 1. The van der Waals surface area contributed by atoms with Gasteiger partial charge >= 0.3 is 0 Å². The van der Waals surface area contributed by atoms with Gasteiger partial charge < -0.3 is 20.3 Å². The molecule has 2 aromatic heterocycles. The Kier molecular flexibility index (Phi) is 5.80. The molecule has 3 heterocycles. The highest BCUT2D eigenvalue weighted by Crippen LogP contribution is 2.22.